The summed E-state index contributed by atoms with van der Waals surface area (Å²) in [6, 6.07) is 1.61. The zero-order valence-electron chi connectivity index (χ0n) is 10.3. The van der Waals surface area contributed by atoms with Crippen LogP contribution >= 0.6 is 11.3 Å². The lowest BCUT2D eigenvalue weighted by Gasteiger charge is -2.04. The van der Waals surface area contributed by atoms with Crippen LogP contribution in [0.4, 0.5) is 0 Å². The minimum absolute atomic E-state index is 0.217. The van der Waals surface area contributed by atoms with Crippen molar-refractivity contribution in [3.63, 3.8) is 0 Å². The highest BCUT2D eigenvalue weighted by molar-refractivity contribution is 7.89. The van der Waals surface area contributed by atoms with Crippen LogP contribution in [0.2, 0.25) is 0 Å². The molecule has 0 atom stereocenters. The summed E-state index contributed by atoms with van der Waals surface area (Å²) >= 11 is 1.39. The van der Waals surface area contributed by atoms with Crippen molar-refractivity contribution in [2.75, 3.05) is 6.54 Å². The number of rotatable bonds is 6. The van der Waals surface area contributed by atoms with Crippen molar-refractivity contribution in [2.24, 2.45) is 5.73 Å². The van der Waals surface area contributed by atoms with Gasteiger partial charge in [-0.15, -0.1) is 11.3 Å². The largest absolute Gasteiger partial charge is 0.343 e. The van der Waals surface area contributed by atoms with Crippen LogP contribution in [0, 0.1) is 6.92 Å². The summed E-state index contributed by atoms with van der Waals surface area (Å²) in [6.07, 6.45) is 1.59. The van der Waals surface area contributed by atoms with Gasteiger partial charge in [-0.25, -0.2) is 13.1 Å². The molecule has 0 radical (unpaired) electrons. The summed E-state index contributed by atoms with van der Waals surface area (Å²) in [5, 5.41) is 3.61. The molecule has 2 heterocycles. The molecule has 0 aliphatic carbocycles. The number of thiophene rings is 1. The number of nitrogens with zero attached hydrogens (tertiary/aromatic N) is 2. The van der Waals surface area contributed by atoms with Gasteiger partial charge in [0.2, 0.25) is 16.4 Å². The molecule has 7 nitrogen and oxygen atoms in total. The van der Waals surface area contributed by atoms with Crippen LogP contribution in [0.1, 0.15) is 15.6 Å². The van der Waals surface area contributed by atoms with Crippen LogP contribution in [0.3, 0.4) is 0 Å². The first-order valence-corrected chi connectivity index (χ1v) is 7.87. The van der Waals surface area contributed by atoms with E-state index in [2.05, 4.69) is 19.4 Å². The van der Waals surface area contributed by atoms with Gasteiger partial charge in [0.15, 0.2) is 5.82 Å². The van der Waals surface area contributed by atoms with Crippen LogP contribution in [0.5, 0.6) is 0 Å². The van der Waals surface area contributed by atoms with Crippen LogP contribution < -0.4 is 10.5 Å². The topological polar surface area (TPSA) is 111 Å². The smallest absolute Gasteiger partial charge is 0.241 e. The van der Waals surface area contributed by atoms with Crippen molar-refractivity contribution in [1.82, 2.24) is 14.9 Å². The maximum absolute atomic E-state index is 12.1. The van der Waals surface area contributed by atoms with Crippen molar-refractivity contribution >= 4 is 21.4 Å². The van der Waals surface area contributed by atoms with E-state index >= 15 is 0 Å². The van der Waals surface area contributed by atoms with Gasteiger partial charge >= 0.3 is 0 Å². The molecule has 2 aromatic heterocycles. The molecule has 0 saturated heterocycles. The highest BCUT2D eigenvalue weighted by Crippen LogP contribution is 2.25. The van der Waals surface area contributed by atoms with Gasteiger partial charge in [-0.1, -0.05) is 5.16 Å². The molecule has 0 unspecified atom stereocenters. The monoisotopic (exact) mass is 302 g/mol. The molecule has 0 bridgehead atoms. The Kier molecular flexibility index (Phi) is 4.30. The van der Waals surface area contributed by atoms with Crippen molar-refractivity contribution in [2.45, 2.75) is 24.8 Å². The van der Waals surface area contributed by atoms with Crippen molar-refractivity contribution in [1.29, 1.82) is 0 Å². The average Bonchev–Trinajstić information content (AvgIpc) is 2.98. The summed E-state index contributed by atoms with van der Waals surface area (Å²) in [7, 11) is -3.51. The fourth-order valence-electron chi connectivity index (χ4n) is 1.57. The highest BCUT2D eigenvalue weighted by Gasteiger charge is 2.19. The Labute approximate surface area is 114 Å². The molecule has 0 aromatic carbocycles. The molecule has 2 rings (SSSR count). The van der Waals surface area contributed by atoms with Gasteiger partial charge < -0.3 is 10.3 Å². The first-order chi connectivity index (χ1) is 9.03. The molecule has 2 aromatic rings. The Balaban J connectivity index is 2.03. The molecule has 19 heavy (non-hydrogen) atoms. The van der Waals surface area contributed by atoms with Gasteiger partial charge in [0.05, 0.1) is 4.90 Å². The van der Waals surface area contributed by atoms with Crippen molar-refractivity contribution in [3.8, 4) is 0 Å². The minimum Gasteiger partial charge on any atom is -0.343 e. The summed E-state index contributed by atoms with van der Waals surface area (Å²) < 4.78 is 31.3. The second-order valence-electron chi connectivity index (χ2n) is 3.83. The Morgan fingerprint density at radius 1 is 1.53 bits per heavy atom. The third-order valence-corrected chi connectivity index (χ3v) is 5.25. The number of nitrogens with two attached hydrogens (primary N) is 1. The quantitative estimate of drug-likeness (QED) is 0.800. The second-order valence-corrected chi connectivity index (χ2v) is 6.91. The fraction of sp³-hybridized carbons (Fsp3) is 0.400. The van der Waals surface area contributed by atoms with E-state index in [1.807, 2.05) is 0 Å². The van der Waals surface area contributed by atoms with Crippen molar-refractivity contribution in [3.05, 3.63) is 28.0 Å². The maximum Gasteiger partial charge on any atom is 0.241 e. The standard InChI is InChI=1S/C10H14N4O3S2/c1-7-9(4-8(5-11)18-7)19(15,16)13-3-2-10-12-6-17-14-10/h4,6,13H,2-3,5,11H2,1H3. The van der Waals surface area contributed by atoms with Crippen LogP contribution in [0.15, 0.2) is 21.9 Å². The van der Waals surface area contributed by atoms with Gasteiger partial charge in [-0.3, -0.25) is 0 Å². The Hall–Kier alpha value is -1.29. The van der Waals surface area contributed by atoms with E-state index in [1.54, 1.807) is 13.0 Å². The van der Waals surface area contributed by atoms with Gasteiger partial charge in [-0.05, 0) is 13.0 Å². The predicted octanol–water partition coefficient (Wildman–Crippen LogP) is 0.419. The van der Waals surface area contributed by atoms with Crippen molar-refractivity contribution < 1.29 is 12.9 Å². The zero-order valence-corrected chi connectivity index (χ0v) is 11.9. The number of aromatic nitrogens is 2. The number of aryl methyl sites for hydroxylation is 1. The van der Waals surface area contributed by atoms with E-state index in [0.29, 0.717) is 18.8 Å². The van der Waals surface area contributed by atoms with Gasteiger partial charge in [-0.2, -0.15) is 4.98 Å². The number of hydrogen-bond acceptors (Lipinski definition) is 7. The van der Waals surface area contributed by atoms with Gasteiger partial charge in [0.25, 0.3) is 0 Å². The van der Waals surface area contributed by atoms with E-state index in [9.17, 15) is 8.42 Å². The van der Waals surface area contributed by atoms with E-state index < -0.39 is 10.0 Å². The molecular weight excluding hydrogens is 288 g/mol. The molecule has 9 heteroatoms. The molecule has 104 valence electrons. The molecular formula is C10H14N4O3S2. The van der Waals surface area contributed by atoms with Crippen LogP contribution in [-0.2, 0) is 23.0 Å². The average molecular weight is 302 g/mol. The molecule has 0 saturated carbocycles. The first-order valence-electron chi connectivity index (χ1n) is 5.57. The predicted molar refractivity (Wildman–Crippen MR) is 70.1 cm³/mol. The third-order valence-electron chi connectivity index (χ3n) is 2.46. The lowest BCUT2D eigenvalue weighted by molar-refractivity contribution is 0.410. The summed E-state index contributed by atoms with van der Waals surface area (Å²) in [4.78, 5) is 5.67. The molecule has 0 amide bonds. The molecule has 3 N–H and O–H groups in total. The highest BCUT2D eigenvalue weighted by atomic mass is 32.2. The molecule has 0 fully saturated rings. The fourth-order valence-corrected chi connectivity index (χ4v) is 4.11. The normalized spacial score (nSPS) is 11.9. The molecule has 0 spiro atoms. The summed E-state index contributed by atoms with van der Waals surface area (Å²) in [5.74, 6) is 0.465. The Morgan fingerprint density at radius 2 is 2.32 bits per heavy atom. The minimum atomic E-state index is -3.51. The molecule has 0 aliphatic heterocycles. The zero-order chi connectivity index (χ0) is 13.9. The van der Waals surface area contributed by atoms with Gasteiger partial charge in [0, 0.05) is 29.3 Å². The van der Waals surface area contributed by atoms with Gasteiger partial charge in [0.1, 0.15) is 0 Å². The number of hydrogen-bond donors (Lipinski definition) is 2. The van der Waals surface area contributed by atoms with E-state index in [-0.39, 0.29) is 11.4 Å². The second kappa shape index (κ2) is 5.78. The Bertz CT molecular complexity index is 634. The van der Waals surface area contributed by atoms with Crippen LogP contribution in [-0.4, -0.2) is 25.1 Å². The SMILES string of the molecule is Cc1sc(CN)cc1S(=O)(=O)NCCc1ncon1. The molecule has 0 aliphatic rings. The third kappa shape index (κ3) is 3.38. The maximum atomic E-state index is 12.1. The lowest BCUT2D eigenvalue weighted by Crippen LogP contribution is -2.26. The van der Waals surface area contributed by atoms with Crippen LogP contribution in [0.25, 0.3) is 0 Å². The number of sulfonamides is 1. The summed E-state index contributed by atoms with van der Waals surface area (Å²) in [5.41, 5.74) is 5.51. The summed E-state index contributed by atoms with van der Waals surface area (Å²) in [6.45, 7) is 2.32. The van der Waals surface area contributed by atoms with E-state index in [1.165, 1.54) is 17.7 Å². The Morgan fingerprint density at radius 3 is 2.89 bits per heavy atom. The van der Waals surface area contributed by atoms with E-state index in [0.717, 1.165) is 9.75 Å². The lowest BCUT2D eigenvalue weighted by atomic mass is 10.4. The first kappa shape index (κ1) is 14.1. The number of nitrogens with one attached hydrogen (secondary N) is 1. The van der Waals surface area contributed by atoms with E-state index in [4.69, 9.17) is 5.73 Å².